The molecule has 0 bridgehead atoms. The van der Waals surface area contributed by atoms with Crippen LogP contribution < -0.4 is 10.1 Å². The van der Waals surface area contributed by atoms with Crippen LogP contribution in [0.25, 0.3) is 0 Å². The summed E-state index contributed by atoms with van der Waals surface area (Å²) in [6.45, 7) is 1.84. The summed E-state index contributed by atoms with van der Waals surface area (Å²) in [5, 5.41) is 12.0. The van der Waals surface area contributed by atoms with Crippen molar-refractivity contribution in [3.05, 3.63) is 59.7 Å². The second-order valence-corrected chi connectivity index (χ2v) is 5.52. The number of benzene rings is 2. The number of nitrogens with zero attached hydrogens (tertiary/aromatic N) is 1. The lowest BCUT2D eigenvalue weighted by atomic mass is 10.1. The fraction of sp³-hybridized carbons (Fsp3) is 0.263. The number of hydrogen-bond donors (Lipinski definition) is 2. The number of amides is 2. The van der Waals surface area contributed by atoms with Gasteiger partial charge in [-0.05, 0) is 37.3 Å². The van der Waals surface area contributed by atoms with E-state index in [4.69, 9.17) is 4.74 Å². The summed E-state index contributed by atoms with van der Waals surface area (Å²) >= 11 is 0. The summed E-state index contributed by atoms with van der Waals surface area (Å²) in [7, 11) is 1.58. The largest absolute Gasteiger partial charge is 0.496 e. The number of para-hydroxylation sites is 1. The van der Waals surface area contributed by atoms with Crippen LogP contribution in [0.3, 0.4) is 0 Å². The van der Waals surface area contributed by atoms with Gasteiger partial charge in [-0.3, -0.25) is 4.79 Å². The summed E-state index contributed by atoms with van der Waals surface area (Å²) in [5.41, 5.74) is 2.01. The van der Waals surface area contributed by atoms with Crippen LogP contribution in [-0.2, 0) is 6.54 Å². The van der Waals surface area contributed by atoms with Gasteiger partial charge in [0.15, 0.2) is 5.78 Å². The van der Waals surface area contributed by atoms with Gasteiger partial charge in [-0.25, -0.2) is 4.79 Å². The maximum atomic E-state index is 12.5. The van der Waals surface area contributed by atoms with Crippen molar-refractivity contribution in [2.24, 2.45) is 0 Å². The zero-order valence-electron chi connectivity index (χ0n) is 14.4. The van der Waals surface area contributed by atoms with E-state index < -0.39 is 0 Å². The van der Waals surface area contributed by atoms with E-state index in [1.54, 1.807) is 31.4 Å². The normalized spacial score (nSPS) is 10.2. The molecule has 2 amide bonds. The average molecular weight is 342 g/mol. The molecule has 25 heavy (non-hydrogen) atoms. The van der Waals surface area contributed by atoms with E-state index in [2.05, 4.69) is 5.32 Å². The number of carbonyl (C=O) groups is 2. The number of urea groups is 1. The van der Waals surface area contributed by atoms with Crippen LogP contribution in [0.2, 0.25) is 0 Å². The molecular formula is C19H22N2O4. The third kappa shape index (κ3) is 5.06. The lowest BCUT2D eigenvalue weighted by Crippen LogP contribution is -2.36. The molecule has 0 saturated heterocycles. The van der Waals surface area contributed by atoms with Crippen LogP contribution in [0.15, 0.2) is 48.5 Å². The molecule has 2 N–H and O–H groups in total. The number of nitrogens with one attached hydrogen (secondary N) is 1. The number of rotatable bonds is 7. The third-order valence-corrected chi connectivity index (χ3v) is 3.75. The van der Waals surface area contributed by atoms with Crippen molar-refractivity contribution in [3.8, 4) is 5.75 Å². The van der Waals surface area contributed by atoms with E-state index in [0.29, 0.717) is 23.5 Å². The Morgan fingerprint density at radius 3 is 2.40 bits per heavy atom. The highest BCUT2D eigenvalue weighted by molar-refractivity contribution is 5.95. The van der Waals surface area contributed by atoms with E-state index in [1.807, 2.05) is 24.3 Å². The predicted molar refractivity (Wildman–Crippen MR) is 96.0 cm³/mol. The number of anilines is 1. The Morgan fingerprint density at radius 1 is 1.12 bits per heavy atom. The molecule has 0 radical (unpaired) electrons. The molecule has 132 valence electrons. The summed E-state index contributed by atoms with van der Waals surface area (Å²) in [4.78, 5) is 25.3. The molecule has 0 aliphatic heterocycles. The van der Waals surface area contributed by atoms with E-state index in [0.717, 1.165) is 5.56 Å². The van der Waals surface area contributed by atoms with Gasteiger partial charge in [-0.2, -0.15) is 0 Å². The van der Waals surface area contributed by atoms with Crippen LogP contribution in [0, 0.1) is 0 Å². The number of Topliss-reactive ketones (excluding diaryl/α,β-unsaturated/α-hetero) is 1. The highest BCUT2D eigenvalue weighted by Crippen LogP contribution is 2.20. The molecular weight excluding hydrogens is 320 g/mol. The quantitative estimate of drug-likeness (QED) is 0.758. The molecule has 6 nitrogen and oxygen atoms in total. The van der Waals surface area contributed by atoms with Crippen LogP contribution >= 0.6 is 0 Å². The Morgan fingerprint density at radius 2 is 1.80 bits per heavy atom. The minimum Gasteiger partial charge on any atom is -0.496 e. The molecule has 0 saturated carbocycles. The first-order chi connectivity index (χ1) is 12.0. The summed E-state index contributed by atoms with van der Waals surface area (Å²) < 4.78 is 5.31. The molecule has 0 aromatic heterocycles. The van der Waals surface area contributed by atoms with Crippen molar-refractivity contribution >= 4 is 17.5 Å². The van der Waals surface area contributed by atoms with Crippen molar-refractivity contribution in [1.82, 2.24) is 4.90 Å². The molecule has 0 spiro atoms. The Kier molecular flexibility index (Phi) is 6.54. The van der Waals surface area contributed by atoms with Crippen LogP contribution in [0.1, 0.15) is 22.8 Å². The Labute approximate surface area is 147 Å². The average Bonchev–Trinajstić information content (AvgIpc) is 2.62. The molecule has 0 aliphatic carbocycles. The highest BCUT2D eigenvalue weighted by Gasteiger charge is 2.16. The summed E-state index contributed by atoms with van der Waals surface area (Å²) in [6.07, 6.45) is 0. The fourth-order valence-corrected chi connectivity index (χ4v) is 2.40. The maximum absolute atomic E-state index is 12.5. The number of hydrogen-bond acceptors (Lipinski definition) is 4. The van der Waals surface area contributed by atoms with Crippen LogP contribution in [0.5, 0.6) is 5.75 Å². The lowest BCUT2D eigenvalue weighted by molar-refractivity contribution is 0.101. The molecule has 2 rings (SSSR count). The first-order valence-electron chi connectivity index (χ1n) is 7.95. The van der Waals surface area contributed by atoms with Gasteiger partial charge in [-0.1, -0.05) is 18.2 Å². The van der Waals surface area contributed by atoms with Crippen molar-refractivity contribution < 1.29 is 19.4 Å². The second-order valence-electron chi connectivity index (χ2n) is 5.52. The first-order valence-corrected chi connectivity index (χ1v) is 7.95. The number of ether oxygens (including phenoxy) is 1. The third-order valence-electron chi connectivity index (χ3n) is 3.75. The highest BCUT2D eigenvalue weighted by atomic mass is 16.5. The van der Waals surface area contributed by atoms with Crippen LogP contribution in [0.4, 0.5) is 10.5 Å². The second kappa shape index (κ2) is 8.84. The minimum absolute atomic E-state index is 0.0315. The smallest absolute Gasteiger partial charge is 0.322 e. The molecule has 2 aromatic carbocycles. The zero-order valence-corrected chi connectivity index (χ0v) is 14.4. The van der Waals surface area contributed by atoms with Gasteiger partial charge in [0.25, 0.3) is 0 Å². The number of carbonyl (C=O) groups excluding carboxylic acids is 2. The minimum atomic E-state index is -0.337. The number of ketones is 1. The molecule has 0 unspecified atom stereocenters. The monoisotopic (exact) mass is 342 g/mol. The van der Waals surface area contributed by atoms with Gasteiger partial charge in [0, 0.05) is 23.4 Å². The number of aliphatic hydroxyl groups excluding tert-OH is 1. The number of methoxy groups -OCH3 is 1. The van der Waals surface area contributed by atoms with Crippen LogP contribution in [-0.4, -0.2) is 42.1 Å². The topological polar surface area (TPSA) is 78.9 Å². The van der Waals surface area contributed by atoms with Crippen molar-refractivity contribution in [2.45, 2.75) is 13.5 Å². The van der Waals surface area contributed by atoms with Gasteiger partial charge in [0.05, 0.1) is 20.3 Å². The summed E-state index contributed by atoms with van der Waals surface area (Å²) in [5.74, 6) is 0.653. The van der Waals surface area contributed by atoms with Crippen molar-refractivity contribution in [3.63, 3.8) is 0 Å². The van der Waals surface area contributed by atoms with E-state index in [9.17, 15) is 14.7 Å². The molecule has 2 aromatic rings. The van der Waals surface area contributed by atoms with E-state index in [1.165, 1.54) is 11.8 Å². The van der Waals surface area contributed by atoms with Gasteiger partial charge < -0.3 is 20.1 Å². The number of aliphatic hydroxyl groups is 1. The van der Waals surface area contributed by atoms with Gasteiger partial charge >= 0.3 is 6.03 Å². The van der Waals surface area contributed by atoms with E-state index >= 15 is 0 Å². The van der Waals surface area contributed by atoms with Crippen molar-refractivity contribution in [1.29, 1.82) is 0 Å². The maximum Gasteiger partial charge on any atom is 0.322 e. The SMILES string of the molecule is COc1ccccc1CN(CCO)C(=O)Nc1ccc(C(C)=O)cc1. The lowest BCUT2D eigenvalue weighted by Gasteiger charge is -2.23. The first kappa shape index (κ1) is 18.5. The fourth-order valence-electron chi connectivity index (χ4n) is 2.40. The Balaban J connectivity index is 2.10. The Hall–Kier alpha value is -2.86. The zero-order chi connectivity index (χ0) is 18.2. The predicted octanol–water partition coefficient (Wildman–Crippen LogP) is 2.92. The molecule has 6 heteroatoms. The van der Waals surface area contributed by atoms with Gasteiger partial charge in [0.2, 0.25) is 0 Å². The molecule has 0 fully saturated rings. The van der Waals surface area contributed by atoms with Crippen molar-refractivity contribution in [2.75, 3.05) is 25.6 Å². The Bertz CT molecular complexity index is 728. The van der Waals surface area contributed by atoms with Gasteiger partial charge in [-0.15, -0.1) is 0 Å². The van der Waals surface area contributed by atoms with Gasteiger partial charge in [0.1, 0.15) is 5.75 Å². The summed E-state index contributed by atoms with van der Waals surface area (Å²) in [6, 6.07) is 13.8. The standard InChI is InChI=1S/C19H22N2O4/c1-14(23)15-7-9-17(10-8-15)20-19(24)21(11-12-22)13-16-5-3-4-6-18(16)25-2/h3-10,22H,11-13H2,1-2H3,(H,20,24). The van der Waals surface area contributed by atoms with E-state index in [-0.39, 0.29) is 25.0 Å². The molecule has 0 aliphatic rings. The molecule has 0 atom stereocenters. The molecule has 0 heterocycles.